The van der Waals surface area contributed by atoms with E-state index in [9.17, 15) is 19.5 Å². The molecule has 0 aromatic heterocycles. The molecule has 3 amide bonds. The van der Waals surface area contributed by atoms with Crippen LogP contribution in [0.2, 0.25) is 0 Å². The second-order valence-electron chi connectivity index (χ2n) is 6.99. The number of rotatable bonds is 4. The molecule has 7 nitrogen and oxygen atoms in total. The average molecular weight is 325 g/mol. The quantitative estimate of drug-likeness (QED) is 0.724. The normalized spacial score (nSPS) is 31.6. The van der Waals surface area contributed by atoms with Gasteiger partial charge in [0.25, 0.3) is 0 Å². The van der Waals surface area contributed by atoms with Crippen LogP contribution >= 0.6 is 0 Å². The molecule has 130 valence electrons. The molecule has 1 aliphatic heterocycles. The van der Waals surface area contributed by atoms with Gasteiger partial charge in [-0.3, -0.25) is 19.8 Å². The van der Waals surface area contributed by atoms with Crippen molar-refractivity contribution in [3.8, 4) is 0 Å². The summed E-state index contributed by atoms with van der Waals surface area (Å²) in [7, 11) is 0. The summed E-state index contributed by atoms with van der Waals surface area (Å²) in [5.74, 6) is -0.970. The van der Waals surface area contributed by atoms with E-state index in [1.54, 1.807) is 11.8 Å². The van der Waals surface area contributed by atoms with Crippen molar-refractivity contribution in [3.63, 3.8) is 0 Å². The second-order valence-corrected chi connectivity index (χ2v) is 6.99. The predicted octanol–water partition coefficient (Wildman–Crippen LogP) is 1.33. The first-order chi connectivity index (χ1) is 10.8. The van der Waals surface area contributed by atoms with Crippen molar-refractivity contribution in [2.24, 2.45) is 5.92 Å². The van der Waals surface area contributed by atoms with Crippen molar-refractivity contribution < 1.29 is 19.5 Å². The molecule has 2 fully saturated rings. The topological polar surface area (TPSA) is 98.7 Å². The standard InChI is InChI=1S/C16H27N3O4/c1-11-6-3-4-7-12(11)17-15(23)18-13(20)10-19-9-5-8-16(19,2)14(21)22/h11-12H,3-10H2,1-2H3,(H,21,22)(H2,17,18,20,23). The van der Waals surface area contributed by atoms with Crippen LogP contribution in [0.25, 0.3) is 0 Å². The Kier molecular flexibility index (Phi) is 5.62. The lowest BCUT2D eigenvalue weighted by Gasteiger charge is -2.31. The maximum atomic E-state index is 12.0. The molecule has 1 saturated carbocycles. The van der Waals surface area contributed by atoms with Gasteiger partial charge in [0.05, 0.1) is 6.54 Å². The Morgan fingerprint density at radius 2 is 1.91 bits per heavy atom. The summed E-state index contributed by atoms with van der Waals surface area (Å²) in [6.07, 6.45) is 5.55. The fraction of sp³-hybridized carbons (Fsp3) is 0.812. The molecule has 0 spiro atoms. The monoisotopic (exact) mass is 325 g/mol. The number of hydrogen-bond acceptors (Lipinski definition) is 4. The Labute approximate surface area is 136 Å². The molecule has 2 aliphatic rings. The number of nitrogens with one attached hydrogen (secondary N) is 2. The molecule has 3 N–H and O–H groups in total. The molecule has 3 atom stereocenters. The summed E-state index contributed by atoms with van der Waals surface area (Å²) < 4.78 is 0. The van der Waals surface area contributed by atoms with Gasteiger partial charge < -0.3 is 10.4 Å². The highest BCUT2D eigenvalue weighted by Gasteiger charge is 2.44. The smallest absolute Gasteiger partial charge is 0.323 e. The summed E-state index contributed by atoms with van der Waals surface area (Å²) in [4.78, 5) is 37.0. The van der Waals surface area contributed by atoms with E-state index in [2.05, 4.69) is 17.6 Å². The number of aliphatic carboxylic acids is 1. The summed E-state index contributed by atoms with van der Waals surface area (Å²) >= 11 is 0. The fourth-order valence-electron chi connectivity index (χ4n) is 3.59. The third kappa shape index (κ3) is 4.22. The molecule has 1 saturated heterocycles. The van der Waals surface area contributed by atoms with Crippen molar-refractivity contribution in [3.05, 3.63) is 0 Å². The molecule has 1 heterocycles. The lowest BCUT2D eigenvalue weighted by atomic mass is 9.86. The molecule has 2 rings (SSSR count). The van der Waals surface area contributed by atoms with Crippen molar-refractivity contribution in [2.45, 2.75) is 64.0 Å². The van der Waals surface area contributed by atoms with E-state index < -0.39 is 23.4 Å². The van der Waals surface area contributed by atoms with Crippen molar-refractivity contribution >= 4 is 17.9 Å². The third-order valence-electron chi connectivity index (χ3n) is 5.27. The zero-order valence-electron chi connectivity index (χ0n) is 13.9. The lowest BCUT2D eigenvalue weighted by Crippen LogP contribution is -2.54. The lowest BCUT2D eigenvalue weighted by molar-refractivity contribution is -0.149. The highest BCUT2D eigenvalue weighted by atomic mass is 16.4. The number of imide groups is 1. The first kappa shape index (κ1) is 17.7. The number of carbonyl (C=O) groups is 3. The predicted molar refractivity (Wildman–Crippen MR) is 84.9 cm³/mol. The number of urea groups is 1. The zero-order valence-corrected chi connectivity index (χ0v) is 13.9. The Hall–Kier alpha value is -1.63. The van der Waals surface area contributed by atoms with Gasteiger partial charge in [0.2, 0.25) is 5.91 Å². The molecular weight excluding hydrogens is 298 g/mol. The first-order valence-corrected chi connectivity index (χ1v) is 8.42. The molecule has 7 heteroatoms. The maximum Gasteiger partial charge on any atom is 0.323 e. The van der Waals surface area contributed by atoms with Gasteiger partial charge in [-0.1, -0.05) is 19.8 Å². The Morgan fingerprint density at radius 3 is 2.57 bits per heavy atom. The summed E-state index contributed by atoms with van der Waals surface area (Å²) in [6, 6.07) is -0.377. The minimum Gasteiger partial charge on any atom is -0.480 e. The molecule has 23 heavy (non-hydrogen) atoms. The van der Waals surface area contributed by atoms with Gasteiger partial charge in [-0.25, -0.2) is 4.79 Å². The fourth-order valence-corrected chi connectivity index (χ4v) is 3.59. The zero-order chi connectivity index (χ0) is 17.0. The molecule has 0 bridgehead atoms. The Morgan fingerprint density at radius 1 is 1.22 bits per heavy atom. The van der Waals surface area contributed by atoms with E-state index in [0.29, 0.717) is 18.9 Å². The number of hydrogen-bond donors (Lipinski definition) is 3. The molecule has 3 unspecified atom stereocenters. The van der Waals surface area contributed by atoms with Crippen molar-refractivity contribution in [1.82, 2.24) is 15.5 Å². The SMILES string of the molecule is CC1CCCCC1NC(=O)NC(=O)CN1CCCC1(C)C(=O)O. The number of amides is 3. The van der Waals surface area contributed by atoms with E-state index in [0.717, 1.165) is 25.7 Å². The van der Waals surface area contributed by atoms with E-state index in [1.165, 1.54) is 6.42 Å². The van der Waals surface area contributed by atoms with Gasteiger partial charge in [0, 0.05) is 6.04 Å². The minimum absolute atomic E-state index is 0.0730. The number of likely N-dealkylation sites (tertiary alicyclic amines) is 1. The largest absolute Gasteiger partial charge is 0.480 e. The second kappa shape index (κ2) is 7.29. The molecule has 0 aromatic rings. The summed E-state index contributed by atoms with van der Waals surface area (Å²) in [5, 5.41) is 14.5. The van der Waals surface area contributed by atoms with Gasteiger partial charge in [-0.15, -0.1) is 0 Å². The highest BCUT2D eigenvalue weighted by Crippen LogP contribution is 2.28. The number of carboxylic acid groups (broad SMARTS) is 1. The van der Waals surface area contributed by atoms with Crippen LogP contribution in [-0.4, -0.2) is 52.6 Å². The maximum absolute atomic E-state index is 12.0. The van der Waals surface area contributed by atoms with E-state index in [1.807, 2.05) is 0 Å². The molecular formula is C16H27N3O4. The van der Waals surface area contributed by atoms with Crippen LogP contribution in [0.1, 0.15) is 52.4 Å². The van der Waals surface area contributed by atoms with Crippen LogP contribution < -0.4 is 10.6 Å². The Bertz CT molecular complexity index is 482. The minimum atomic E-state index is -1.02. The number of nitrogens with zero attached hydrogens (tertiary/aromatic N) is 1. The number of carboxylic acids is 1. The molecule has 1 aliphatic carbocycles. The van der Waals surface area contributed by atoms with Gasteiger partial charge in [0.1, 0.15) is 5.54 Å². The van der Waals surface area contributed by atoms with Crippen LogP contribution in [-0.2, 0) is 9.59 Å². The number of carbonyl (C=O) groups excluding carboxylic acids is 2. The average Bonchev–Trinajstić information content (AvgIpc) is 2.84. The van der Waals surface area contributed by atoms with E-state index >= 15 is 0 Å². The summed E-state index contributed by atoms with van der Waals surface area (Å²) in [5.41, 5.74) is -1.02. The highest BCUT2D eigenvalue weighted by molar-refractivity contribution is 5.95. The molecule has 0 radical (unpaired) electrons. The van der Waals surface area contributed by atoms with Crippen LogP contribution in [0.4, 0.5) is 4.79 Å². The van der Waals surface area contributed by atoms with Gasteiger partial charge in [0.15, 0.2) is 0 Å². The van der Waals surface area contributed by atoms with E-state index in [-0.39, 0.29) is 12.6 Å². The summed E-state index contributed by atoms with van der Waals surface area (Å²) in [6.45, 7) is 4.21. The molecule has 0 aromatic carbocycles. The van der Waals surface area contributed by atoms with Crippen LogP contribution in [0.3, 0.4) is 0 Å². The van der Waals surface area contributed by atoms with Crippen LogP contribution in [0, 0.1) is 5.92 Å². The first-order valence-electron chi connectivity index (χ1n) is 8.42. The Balaban J connectivity index is 1.82. The van der Waals surface area contributed by atoms with Crippen molar-refractivity contribution in [1.29, 1.82) is 0 Å². The third-order valence-corrected chi connectivity index (χ3v) is 5.27. The van der Waals surface area contributed by atoms with Crippen LogP contribution in [0.15, 0.2) is 0 Å². The van der Waals surface area contributed by atoms with Gasteiger partial charge in [-0.2, -0.15) is 0 Å². The van der Waals surface area contributed by atoms with Gasteiger partial charge in [-0.05, 0) is 45.1 Å². The van der Waals surface area contributed by atoms with Crippen LogP contribution in [0.5, 0.6) is 0 Å². The van der Waals surface area contributed by atoms with Crippen molar-refractivity contribution in [2.75, 3.05) is 13.1 Å². The van der Waals surface area contributed by atoms with Gasteiger partial charge >= 0.3 is 12.0 Å². The van der Waals surface area contributed by atoms with E-state index in [4.69, 9.17) is 0 Å².